The Morgan fingerprint density at radius 1 is 1.50 bits per heavy atom. The van der Waals surface area contributed by atoms with Gasteiger partial charge in [-0.05, 0) is 5.92 Å². The highest BCUT2D eigenvalue weighted by atomic mass is 32.2. The number of carbonyl (C=O) groups is 1. The molecular weight excluding hydrogens is 254 g/mol. The molecule has 18 heavy (non-hydrogen) atoms. The summed E-state index contributed by atoms with van der Waals surface area (Å²) in [4.78, 5) is 14.8. The minimum Gasteiger partial charge on any atom is -0.481 e. The Balaban J connectivity index is 2.59. The van der Waals surface area contributed by atoms with E-state index in [9.17, 15) is 9.00 Å². The molecule has 0 aromatic carbocycles. The van der Waals surface area contributed by atoms with Gasteiger partial charge in [-0.15, -0.1) is 0 Å². The van der Waals surface area contributed by atoms with Crippen LogP contribution in [-0.2, 0) is 27.9 Å². The fourth-order valence-corrected chi connectivity index (χ4v) is 2.78. The van der Waals surface area contributed by atoms with Crippen LogP contribution >= 0.6 is 0 Å². The Morgan fingerprint density at radius 3 is 2.72 bits per heavy atom. The van der Waals surface area contributed by atoms with E-state index in [2.05, 4.69) is 23.9 Å². The highest BCUT2D eigenvalue weighted by molar-refractivity contribution is 7.84. The molecule has 0 aliphatic carbocycles. The molecule has 0 aliphatic heterocycles. The van der Waals surface area contributed by atoms with Gasteiger partial charge in [0.2, 0.25) is 0 Å². The molecule has 0 saturated heterocycles. The molecule has 102 valence electrons. The number of carboxylic acids is 1. The summed E-state index contributed by atoms with van der Waals surface area (Å²) in [6.45, 7) is 6.41. The zero-order chi connectivity index (χ0) is 13.7. The van der Waals surface area contributed by atoms with Crippen molar-refractivity contribution in [3.05, 3.63) is 12.2 Å². The lowest BCUT2D eigenvalue weighted by atomic mass is 10.2. The lowest BCUT2D eigenvalue weighted by Crippen LogP contribution is -2.19. The van der Waals surface area contributed by atoms with E-state index in [1.54, 1.807) is 11.6 Å². The summed E-state index contributed by atoms with van der Waals surface area (Å²) in [5, 5.41) is 12.8. The summed E-state index contributed by atoms with van der Waals surface area (Å²) in [5.41, 5.74) is 0. The van der Waals surface area contributed by atoms with Crippen molar-refractivity contribution in [3.63, 3.8) is 0 Å². The Hall–Kier alpha value is -1.24. The molecule has 0 bridgehead atoms. The van der Waals surface area contributed by atoms with Crippen LogP contribution in [0.25, 0.3) is 0 Å². The van der Waals surface area contributed by atoms with Crippen LogP contribution in [0.4, 0.5) is 0 Å². The van der Waals surface area contributed by atoms with Crippen molar-refractivity contribution in [1.29, 1.82) is 0 Å². The van der Waals surface area contributed by atoms with Crippen molar-refractivity contribution in [3.8, 4) is 0 Å². The van der Waals surface area contributed by atoms with Gasteiger partial charge in [0.25, 0.3) is 0 Å². The molecular formula is C11H19N3O3S. The van der Waals surface area contributed by atoms with Crippen molar-refractivity contribution in [1.82, 2.24) is 14.8 Å². The largest absolute Gasteiger partial charge is 0.481 e. The zero-order valence-corrected chi connectivity index (χ0v) is 11.7. The predicted octanol–water partition coefficient (Wildman–Crippen LogP) is 0.904. The second kappa shape index (κ2) is 6.63. The number of carboxylic acid groups (broad SMARTS) is 1. The average Bonchev–Trinajstić information content (AvgIpc) is 2.64. The Morgan fingerprint density at radius 2 is 2.17 bits per heavy atom. The quantitative estimate of drug-likeness (QED) is 0.798. The van der Waals surface area contributed by atoms with Crippen LogP contribution in [0.5, 0.6) is 0 Å². The fraction of sp³-hybridized carbons (Fsp3) is 0.727. The molecule has 0 aliphatic rings. The molecule has 6 nitrogen and oxygen atoms in total. The molecule has 1 heterocycles. The third-order valence-corrected chi connectivity index (χ3v) is 3.83. The molecule has 0 saturated carbocycles. The van der Waals surface area contributed by atoms with Gasteiger partial charge in [-0.3, -0.25) is 9.00 Å². The monoisotopic (exact) mass is 273 g/mol. The van der Waals surface area contributed by atoms with Gasteiger partial charge in [0, 0.05) is 23.1 Å². The SMILES string of the molecule is CC(C)Cn1ncnc1CS(=O)CC(C)C(=O)O. The number of aliphatic carboxylic acids is 1. The lowest BCUT2D eigenvalue weighted by molar-refractivity contribution is -0.140. The van der Waals surface area contributed by atoms with Crippen LogP contribution in [0, 0.1) is 11.8 Å². The summed E-state index contributed by atoms with van der Waals surface area (Å²) in [7, 11) is -1.23. The number of hydrogen-bond acceptors (Lipinski definition) is 4. The number of rotatable bonds is 7. The standard InChI is InChI=1S/C11H19N3O3S/c1-8(2)4-14-10(12-7-13-14)6-18(17)5-9(3)11(15)16/h7-9H,4-6H2,1-3H3,(H,15,16). The molecule has 7 heteroatoms. The van der Waals surface area contributed by atoms with Crippen molar-refractivity contribution in [2.24, 2.45) is 11.8 Å². The molecule has 2 atom stereocenters. The van der Waals surface area contributed by atoms with Gasteiger partial charge in [-0.1, -0.05) is 20.8 Å². The maximum Gasteiger partial charge on any atom is 0.307 e. The second-order valence-electron chi connectivity index (χ2n) is 4.74. The summed E-state index contributed by atoms with van der Waals surface area (Å²) in [6.07, 6.45) is 1.44. The van der Waals surface area contributed by atoms with Crippen LogP contribution < -0.4 is 0 Å². The van der Waals surface area contributed by atoms with E-state index in [0.717, 1.165) is 6.54 Å². The third-order valence-electron chi connectivity index (χ3n) is 2.38. The summed E-state index contributed by atoms with van der Waals surface area (Å²) < 4.78 is 13.6. The van der Waals surface area contributed by atoms with Gasteiger partial charge in [-0.2, -0.15) is 5.10 Å². The summed E-state index contributed by atoms with van der Waals surface area (Å²) in [5.74, 6) is -0.0513. The minimum absolute atomic E-state index is 0.143. The Kier molecular flexibility index (Phi) is 5.46. The molecule has 1 aromatic heterocycles. The van der Waals surface area contributed by atoms with Gasteiger partial charge >= 0.3 is 5.97 Å². The first-order valence-electron chi connectivity index (χ1n) is 5.84. The molecule has 1 N–H and O–H groups in total. The molecule has 1 aromatic rings. The van der Waals surface area contributed by atoms with Crippen molar-refractivity contribution in [2.75, 3.05) is 5.75 Å². The lowest BCUT2D eigenvalue weighted by Gasteiger charge is -2.09. The smallest absolute Gasteiger partial charge is 0.307 e. The molecule has 1 rings (SSSR count). The van der Waals surface area contributed by atoms with Crippen LogP contribution in [0.3, 0.4) is 0 Å². The van der Waals surface area contributed by atoms with E-state index in [1.165, 1.54) is 6.33 Å². The first-order chi connectivity index (χ1) is 8.40. The average molecular weight is 273 g/mol. The second-order valence-corrected chi connectivity index (χ2v) is 6.24. The maximum absolute atomic E-state index is 11.8. The summed E-state index contributed by atoms with van der Waals surface area (Å²) >= 11 is 0. The number of hydrogen-bond donors (Lipinski definition) is 1. The normalized spacial score (nSPS) is 14.7. The van der Waals surface area contributed by atoms with Crippen molar-refractivity contribution in [2.45, 2.75) is 33.1 Å². The van der Waals surface area contributed by atoms with E-state index < -0.39 is 22.7 Å². The maximum atomic E-state index is 11.8. The Labute approximate surface area is 109 Å². The van der Waals surface area contributed by atoms with Gasteiger partial charge in [0.05, 0.1) is 11.7 Å². The van der Waals surface area contributed by atoms with E-state index in [0.29, 0.717) is 11.7 Å². The Bertz CT molecular complexity index is 431. The van der Waals surface area contributed by atoms with E-state index in [-0.39, 0.29) is 11.5 Å². The topological polar surface area (TPSA) is 85.1 Å². The van der Waals surface area contributed by atoms with Gasteiger partial charge in [0.15, 0.2) is 0 Å². The van der Waals surface area contributed by atoms with Gasteiger partial charge in [-0.25, -0.2) is 9.67 Å². The molecule has 2 unspecified atom stereocenters. The number of nitrogens with zero attached hydrogens (tertiary/aromatic N) is 3. The highest BCUT2D eigenvalue weighted by Crippen LogP contribution is 2.06. The van der Waals surface area contributed by atoms with E-state index in [4.69, 9.17) is 5.11 Å². The molecule has 0 amide bonds. The van der Waals surface area contributed by atoms with E-state index >= 15 is 0 Å². The first-order valence-corrected chi connectivity index (χ1v) is 7.33. The number of aromatic nitrogens is 3. The highest BCUT2D eigenvalue weighted by Gasteiger charge is 2.17. The predicted molar refractivity (Wildman–Crippen MR) is 68.4 cm³/mol. The van der Waals surface area contributed by atoms with Crippen molar-refractivity contribution >= 4 is 16.8 Å². The molecule has 0 fully saturated rings. The van der Waals surface area contributed by atoms with E-state index in [1.807, 2.05) is 0 Å². The fourth-order valence-electron chi connectivity index (χ4n) is 1.45. The molecule has 0 radical (unpaired) electrons. The first kappa shape index (κ1) is 14.8. The third kappa shape index (κ3) is 4.56. The van der Waals surface area contributed by atoms with Gasteiger partial charge in [0.1, 0.15) is 12.2 Å². The van der Waals surface area contributed by atoms with Crippen LogP contribution in [0.15, 0.2) is 6.33 Å². The minimum atomic E-state index is -1.23. The zero-order valence-electron chi connectivity index (χ0n) is 10.9. The van der Waals surface area contributed by atoms with Crippen LogP contribution in [-0.4, -0.2) is 35.8 Å². The van der Waals surface area contributed by atoms with Crippen LogP contribution in [0.2, 0.25) is 0 Å². The van der Waals surface area contributed by atoms with Gasteiger partial charge < -0.3 is 5.11 Å². The molecule has 0 spiro atoms. The van der Waals surface area contributed by atoms with Crippen LogP contribution in [0.1, 0.15) is 26.6 Å². The summed E-state index contributed by atoms with van der Waals surface area (Å²) in [6, 6.07) is 0. The van der Waals surface area contributed by atoms with Crippen molar-refractivity contribution < 1.29 is 14.1 Å².